The molecule has 142 valence electrons. The molecule has 1 aromatic rings. The Hall–Kier alpha value is -2.52. The van der Waals surface area contributed by atoms with Crippen LogP contribution < -0.4 is 20.4 Å². The predicted octanol–water partition coefficient (Wildman–Crippen LogP) is 1.08. The van der Waals surface area contributed by atoms with Crippen molar-refractivity contribution in [2.24, 2.45) is 0 Å². The summed E-state index contributed by atoms with van der Waals surface area (Å²) in [7, 11) is 0. The van der Waals surface area contributed by atoms with E-state index in [1.807, 2.05) is 11.3 Å². The van der Waals surface area contributed by atoms with Gasteiger partial charge in [0.1, 0.15) is 5.97 Å². The van der Waals surface area contributed by atoms with E-state index >= 15 is 0 Å². The van der Waals surface area contributed by atoms with E-state index in [0.717, 1.165) is 37.4 Å². The summed E-state index contributed by atoms with van der Waals surface area (Å²) in [5.74, 6) is -3.01. The van der Waals surface area contributed by atoms with Crippen molar-refractivity contribution in [2.75, 3.05) is 26.2 Å². The Bertz CT molecular complexity index is 993. The number of piperazine rings is 1. The molecule has 1 N–H and O–H groups in total. The second-order valence-electron chi connectivity index (χ2n) is 5.83. The van der Waals surface area contributed by atoms with E-state index in [4.69, 9.17) is 14.9 Å². The average molecular weight is 395 g/mol. The molecule has 0 spiro atoms. The lowest BCUT2D eigenvalue weighted by atomic mass is 10.2. The minimum Gasteiger partial charge on any atom is -0.542 e. The fraction of sp³-hybridized carbons (Fsp3) is 0.278. The number of nitrogens with zero attached hydrogens (tertiary/aromatic N) is 2. The lowest BCUT2D eigenvalue weighted by Gasteiger charge is -2.13. The number of hydrogen-bond donors (Lipinski definition) is 1. The Morgan fingerprint density at radius 1 is 1.11 bits per heavy atom. The molecule has 0 saturated carbocycles. The summed E-state index contributed by atoms with van der Waals surface area (Å²) in [6.07, 6.45) is -5.19. The first kappa shape index (κ1) is 19.2. The Morgan fingerprint density at radius 2 is 1.78 bits per heavy atom. The molecule has 3 aliphatic rings. The van der Waals surface area contributed by atoms with E-state index < -0.39 is 12.1 Å². The Kier molecular flexibility index (Phi) is 5.71. The summed E-state index contributed by atoms with van der Waals surface area (Å²) in [5.41, 5.74) is 2.23. The van der Waals surface area contributed by atoms with Crippen molar-refractivity contribution in [2.45, 2.75) is 6.18 Å². The number of aliphatic carboxylic acids is 1. The van der Waals surface area contributed by atoms with Crippen LogP contribution in [0.15, 0.2) is 42.5 Å². The topological polar surface area (TPSA) is 68.1 Å². The lowest BCUT2D eigenvalue weighted by molar-refractivity contribution is -0.344. The number of alkyl halides is 3. The quantitative estimate of drug-likeness (QED) is 0.457. The van der Waals surface area contributed by atoms with Gasteiger partial charge in [-0.1, -0.05) is 18.2 Å². The van der Waals surface area contributed by atoms with Crippen LogP contribution in [0.4, 0.5) is 13.2 Å². The number of carboxylic acid groups (broad SMARTS) is 1. The molecule has 2 heterocycles. The lowest BCUT2D eigenvalue weighted by Crippen LogP contribution is -2.46. The van der Waals surface area contributed by atoms with Crippen LogP contribution in [0.1, 0.15) is 0 Å². The molecule has 27 heavy (non-hydrogen) atoms. The third-order valence-corrected chi connectivity index (χ3v) is 5.10. The van der Waals surface area contributed by atoms with Crippen molar-refractivity contribution in [3.05, 3.63) is 47.8 Å². The molecule has 1 aromatic carbocycles. The van der Waals surface area contributed by atoms with Gasteiger partial charge < -0.3 is 15.2 Å². The highest BCUT2D eigenvalue weighted by atomic mass is 32.1. The summed E-state index contributed by atoms with van der Waals surface area (Å²) in [4.78, 5) is 14.9. The number of carboxylic acids is 1. The maximum Gasteiger partial charge on any atom is 0.430 e. The first-order valence-corrected chi connectivity index (χ1v) is 9.03. The highest BCUT2D eigenvalue weighted by Gasteiger charge is 2.28. The van der Waals surface area contributed by atoms with E-state index in [2.05, 4.69) is 52.4 Å². The molecule has 9 heteroatoms. The number of halogens is 3. The SMILES string of the molecule is O=C([O-])C(F)(F)F.c1cc2sc3ccccc3nc-2c(=[N+]2CCNCC2)c1. The van der Waals surface area contributed by atoms with Crippen LogP contribution in [0.3, 0.4) is 0 Å². The first-order chi connectivity index (χ1) is 12.9. The van der Waals surface area contributed by atoms with Gasteiger partial charge in [0.2, 0.25) is 5.36 Å². The number of carbonyl (C=O) groups is 1. The van der Waals surface area contributed by atoms with Crippen molar-refractivity contribution in [1.82, 2.24) is 14.9 Å². The summed E-state index contributed by atoms with van der Waals surface area (Å²) in [6.45, 7) is 4.21. The number of benzene rings is 2. The number of carbonyl (C=O) groups excluding carboxylic acids is 1. The number of fused-ring (bicyclic) bond motifs is 2. The largest absolute Gasteiger partial charge is 0.542 e. The van der Waals surface area contributed by atoms with Crippen LogP contribution in [-0.4, -0.2) is 43.3 Å². The third-order valence-electron chi connectivity index (χ3n) is 3.98. The highest BCUT2D eigenvalue weighted by molar-refractivity contribution is 7.21. The monoisotopic (exact) mass is 395 g/mol. The van der Waals surface area contributed by atoms with Crippen molar-refractivity contribution >= 4 is 27.5 Å². The molecular weight excluding hydrogens is 379 g/mol. The fourth-order valence-electron chi connectivity index (χ4n) is 2.74. The van der Waals surface area contributed by atoms with Crippen molar-refractivity contribution in [1.29, 1.82) is 0 Å². The first-order valence-electron chi connectivity index (χ1n) is 8.22. The number of para-hydroxylation sites is 2. The summed E-state index contributed by atoms with van der Waals surface area (Å²) in [6, 6.07) is 14.9. The van der Waals surface area contributed by atoms with E-state index in [9.17, 15) is 13.2 Å². The molecule has 0 aromatic heterocycles. The Balaban J connectivity index is 0.000000260. The van der Waals surface area contributed by atoms with Gasteiger partial charge in [-0.2, -0.15) is 13.2 Å². The van der Waals surface area contributed by atoms with E-state index in [0.29, 0.717) is 0 Å². The van der Waals surface area contributed by atoms with Gasteiger partial charge in [-0.05, 0) is 18.2 Å². The molecule has 0 bridgehead atoms. The van der Waals surface area contributed by atoms with Crippen LogP contribution in [0, 0.1) is 0 Å². The third kappa shape index (κ3) is 4.61. The minimum absolute atomic E-state index is 1.05. The van der Waals surface area contributed by atoms with Gasteiger partial charge in [-0.3, -0.25) is 0 Å². The maximum atomic E-state index is 10.5. The van der Waals surface area contributed by atoms with Crippen LogP contribution in [0.2, 0.25) is 0 Å². The Labute approximate surface area is 156 Å². The normalized spacial score (nSPS) is 14.7. The smallest absolute Gasteiger partial charge is 0.430 e. The second-order valence-corrected chi connectivity index (χ2v) is 6.91. The van der Waals surface area contributed by atoms with Gasteiger partial charge in [-0.25, -0.2) is 9.56 Å². The average Bonchev–Trinajstić information content (AvgIpc) is 2.66. The van der Waals surface area contributed by atoms with Gasteiger partial charge in [0.05, 0.1) is 28.2 Å². The van der Waals surface area contributed by atoms with Gasteiger partial charge in [0, 0.05) is 6.07 Å². The van der Waals surface area contributed by atoms with Gasteiger partial charge in [0.15, 0.2) is 18.8 Å². The zero-order valence-corrected chi connectivity index (χ0v) is 14.9. The van der Waals surface area contributed by atoms with E-state index in [-0.39, 0.29) is 0 Å². The number of rotatable bonds is 0. The van der Waals surface area contributed by atoms with Crippen LogP contribution >= 0.6 is 11.3 Å². The van der Waals surface area contributed by atoms with Crippen LogP contribution in [0.25, 0.3) is 20.8 Å². The molecule has 1 aliphatic carbocycles. The summed E-state index contributed by atoms with van der Waals surface area (Å²) in [5, 5.41) is 13.5. The standard InChI is InChI=1S/C16H16N3S.C2HF3O2/c1-2-6-14-12(4-1)18-16-13(5-3-7-15(16)20-14)19-10-8-17-9-11-19;3-2(4,5)1(6)7/h1-7,17H,8-11H2;(H,6,7)/q+1;/p-1. The number of hydrogen-bond acceptors (Lipinski definition) is 5. The molecule has 1 saturated heterocycles. The van der Waals surface area contributed by atoms with Crippen LogP contribution in [0.5, 0.6) is 0 Å². The number of nitrogens with one attached hydrogen (secondary N) is 1. The molecule has 2 aliphatic heterocycles. The van der Waals surface area contributed by atoms with Gasteiger partial charge in [-0.15, -0.1) is 11.3 Å². The summed E-state index contributed by atoms with van der Waals surface area (Å²) < 4.78 is 35.2. The second kappa shape index (κ2) is 8.01. The highest BCUT2D eigenvalue weighted by Crippen LogP contribution is 2.27. The number of aromatic nitrogens is 1. The van der Waals surface area contributed by atoms with Crippen molar-refractivity contribution in [3.8, 4) is 10.6 Å². The molecule has 0 atom stereocenters. The molecule has 1 fully saturated rings. The molecule has 5 nitrogen and oxygen atoms in total. The summed E-state index contributed by atoms with van der Waals surface area (Å²) >= 11 is 1.82. The van der Waals surface area contributed by atoms with Gasteiger partial charge in [0.25, 0.3) is 0 Å². The van der Waals surface area contributed by atoms with E-state index in [1.54, 1.807) is 0 Å². The molecule has 4 rings (SSSR count). The molecule has 0 radical (unpaired) electrons. The van der Waals surface area contributed by atoms with Gasteiger partial charge >= 0.3 is 6.18 Å². The van der Waals surface area contributed by atoms with Crippen molar-refractivity contribution < 1.29 is 23.1 Å². The van der Waals surface area contributed by atoms with E-state index in [1.165, 1.54) is 14.9 Å². The molecule has 0 unspecified atom stereocenters. The minimum atomic E-state index is -5.19. The maximum absolute atomic E-state index is 10.5. The zero-order chi connectivity index (χ0) is 19.4. The molecular formula is C18H16F3N3O2S. The zero-order valence-electron chi connectivity index (χ0n) is 14.1. The van der Waals surface area contributed by atoms with Crippen LogP contribution in [-0.2, 0) is 4.79 Å². The Morgan fingerprint density at radius 3 is 2.44 bits per heavy atom. The predicted molar refractivity (Wildman–Crippen MR) is 95.2 cm³/mol. The fourth-order valence-corrected chi connectivity index (χ4v) is 3.74. The van der Waals surface area contributed by atoms with Crippen molar-refractivity contribution in [3.63, 3.8) is 0 Å². The molecule has 0 amide bonds.